The summed E-state index contributed by atoms with van der Waals surface area (Å²) in [7, 11) is 1.01. The van der Waals surface area contributed by atoms with E-state index in [0.29, 0.717) is 0 Å². The third-order valence-electron chi connectivity index (χ3n) is 2.61. The number of phenolic OH excluding ortho intramolecular Hbond substituents is 1. The first kappa shape index (κ1) is 13.4. The number of hydrogen-bond donors (Lipinski definition) is 2. The molecule has 1 unspecified atom stereocenters. The van der Waals surface area contributed by atoms with Gasteiger partial charge in [0.15, 0.2) is 5.41 Å². The molecule has 0 radical (unpaired) electrons. The maximum absolute atomic E-state index is 13.1. The van der Waals surface area contributed by atoms with Crippen LogP contribution in [0.2, 0.25) is 0 Å². The van der Waals surface area contributed by atoms with Crippen molar-refractivity contribution in [2.75, 3.05) is 13.7 Å². The van der Waals surface area contributed by atoms with E-state index in [-0.39, 0.29) is 11.3 Å². The molecule has 1 aromatic carbocycles. The highest BCUT2D eigenvalue weighted by atomic mass is 19.3. The van der Waals surface area contributed by atoms with Gasteiger partial charge in [-0.15, -0.1) is 0 Å². The quantitative estimate of drug-likeness (QED) is 0.777. The summed E-state index contributed by atoms with van der Waals surface area (Å²) in [6, 6.07) is 5.06. The van der Waals surface area contributed by atoms with E-state index in [1.165, 1.54) is 18.2 Å². The molecule has 4 nitrogen and oxygen atoms in total. The SMILES string of the molecule is COC(=O)C(CN)(c1cccc(O)c1)C(F)F. The molecule has 6 heteroatoms. The Morgan fingerprint density at radius 2 is 2.24 bits per heavy atom. The van der Waals surface area contributed by atoms with Crippen molar-refractivity contribution in [2.24, 2.45) is 5.73 Å². The van der Waals surface area contributed by atoms with Crippen molar-refractivity contribution >= 4 is 5.97 Å². The minimum Gasteiger partial charge on any atom is -0.508 e. The lowest BCUT2D eigenvalue weighted by atomic mass is 9.80. The number of ether oxygens (including phenoxy) is 1. The molecule has 1 aromatic rings. The molecule has 0 aromatic heterocycles. The second-order valence-corrected chi connectivity index (χ2v) is 3.52. The molecule has 0 aliphatic rings. The first-order chi connectivity index (χ1) is 7.98. The van der Waals surface area contributed by atoms with Crippen LogP contribution in [0, 0.1) is 0 Å². The number of methoxy groups -OCH3 is 1. The zero-order chi connectivity index (χ0) is 13.1. The summed E-state index contributed by atoms with van der Waals surface area (Å²) in [6.07, 6.45) is -3.03. The lowest BCUT2D eigenvalue weighted by Gasteiger charge is -2.29. The van der Waals surface area contributed by atoms with Crippen LogP contribution in [0.1, 0.15) is 5.56 Å². The summed E-state index contributed by atoms with van der Waals surface area (Å²) in [5.74, 6) is -1.34. The highest BCUT2D eigenvalue weighted by Gasteiger charge is 2.49. The third-order valence-corrected chi connectivity index (χ3v) is 2.61. The van der Waals surface area contributed by atoms with Crippen LogP contribution in [0.4, 0.5) is 8.78 Å². The average Bonchev–Trinajstić information content (AvgIpc) is 2.30. The van der Waals surface area contributed by atoms with E-state index in [2.05, 4.69) is 4.74 Å². The molecule has 0 fully saturated rings. The van der Waals surface area contributed by atoms with E-state index < -0.39 is 24.4 Å². The average molecular weight is 245 g/mol. The van der Waals surface area contributed by atoms with Gasteiger partial charge in [-0.05, 0) is 17.7 Å². The predicted octanol–water partition coefficient (Wildman–Crippen LogP) is 1.03. The van der Waals surface area contributed by atoms with Gasteiger partial charge in [0.05, 0.1) is 7.11 Å². The van der Waals surface area contributed by atoms with Crippen LogP contribution in [0.25, 0.3) is 0 Å². The molecule has 1 atom stereocenters. The number of aromatic hydroxyl groups is 1. The highest BCUT2D eigenvalue weighted by Crippen LogP contribution is 2.33. The molecule has 0 amide bonds. The fourth-order valence-electron chi connectivity index (χ4n) is 1.59. The van der Waals surface area contributed by atoms with E-state index >= 15 is 0 Å². The van der Waals surface area contributed by atoms with Gasteiger partial charge < -0.3 is 15.6 Å². The molecule has 0 aliphatic heterocycles. The summed E-state index contributed by atoms with van der Waals surface area (Å²) in [4.78, 5) is 11.6. The topological polar surface area (TPSA) is 72.5 Å². The number of carbonyl (C=O) groups excluding carboxylic acids is 1. The van der Waals surface area contributed by atoms with Gasteiger partial charge in [0.25, 0.3) is 6.43 Å². The van der Waals surface area contributed by atoms with Crippen molar-refractivity contribution in [3.05, 3.63) is 29.8 Å². The lowest BCUT2D eigenvalue weighted by molar-refractivity contribution is -0.153. The molecule has 0 saturated carbocycles. The Hall–Kier alpha value is -1.69. The zero-order valence-electron chi connectivity index (χ0n) is 9.19. The molecule has 1 rings (SSSR count). The van der Waals surface area contributed by atoms with Crippen LogP contribution in [-0.2, 0) is 14.9 Å². The standard InChI is InChI=1S/C11H13F2NO3/c1-17-10(16)11(6-14,9(12)13)7-3-2-4-8(15)5-7/h2-5,9,15H,6,14H2,1H3. The Labute approximate surface area is 97.0 Å². The van der Waals surface area contributed by atoms with Crippen molar-refractivity contribution in [2.45, 2.75) is 11.8 Å². The molecule has 0 heterocycles. The first-order valence-corrected chi connectivity index (χ1v) is 4.85. The predicted molar refractivity (Wildman–Crippen MR) is 56.9 cm³/mol. The maximum Gasteiger partial charge on any atom is 0.323 e. The first-order valence-electron chi connectivity index (χ1n) is 4.85. The fourth-order valence-corrected chi connectivity index (χ4v) is 1.59. The largest absolute Gasteiger partial charge is 0.508 e. The van der Waals surface area contributed by atoms with Crippen molar-refractivity contribution in [1.82, 2.24) is 0 Å². The second kappa shape index (κ2) is 5.09. The Morgan fingerprint density at radius 1 is 1.59 bits per heavy atom. The van der Waals surface area contributed by atoms with Gasteiger partial charge in [0.1, 0.15) is 5.75 Å². The summed E-state index contributed by atoms with van der Waals surface area (Å²) < 4.78 is 30.7. The van der Waals surface area contributed by atoms with Crippen LogP contribution in [-0.4, -0.2) is 31.2 Å². The molecular weight excluding hydrogens is 232 g/mol. The number of rotatable bonds is 4. The number of phenols is 1. The maximum atomic E-state index is 13.1. The number of esters is 1. The molecule has 3 N–H and O–H groups in total. The van der Waals surface area contributed by atoms with Gasteiger partial charge >= 0.3 is 5.97 Å². The van der Waals surface area contributed by atoms with Crippen LogP contribution in [0.5, 0.6) is 5.75 Å². The minimum absolute atomic E-state index is 0.0677. The van der Waals surface area contributed by atoms with E-state index in [0.717, 1.165) is 13.2 Å². The smallest absolute Gasteiger partial charge is 0.323 e. The fraction of sp³-hybridized carbons (Fsp3) is 0.364. The van der Waals surface area contributed by atoms with Crippen molar-refractivity contribution in [3.8, 4) is 5.75 Å². The third kappa shape index (κ3) is 2.21. The Morgan fingerprint density at radius 3 is 2.65 bits per heavy atom. The molecule has 0 saturated heterocycles. The summed E-state index contributed by atoms with van der Waals surface area (Å²) in [5.41, 5.74) is 2.99. The molecular formula is C11H13F2NO3. The molecule has 94 valence electrons. The number of hydrogen-bond acceptors (Lipinski definition) is 4. The van der Waals surface area contributed by atoms with Crippen LogP contribution in [0.15, 0.2) is 24.3 Å². The minimum atomic E-state index is -3.03. The molecule has 0 bridgehead atoms. The van der Waals surface area contributed by atoms with Crippen molar-refractivity contribution in [3.63, 3.8) is 0 Å². The number of alkyl halides is 2. The summed E-state index contributed by atoms with van der Waals surface area (Å²) in [5, 5.41) is 9.27. The highest BCUT2D eigenvalue weighted by molar-refractivity contribution is 5.84. The van der Waals surface area contributed by atoms with Crippen LogP contribution >= 0.6 is 0 Å². The van der Waals surface area contributed by atoms with Gasteiger partial charge in [0.2, 0.25) is 0 Å². The van der Waals surface area contributed by atoms with Crippen molar-refractivity contribution < 1.29 is 23.4 Å². The monoisotopic (exact) mass is 245 g/mol. The van der Waals surface area contributed by atoms with Gasteiger partial charge in [-0.3, -0.25) is 4.79 Å². The summed E-state index contributed by atoms with van der Waals surface area (Å²) >= 11 is 0. The number of carbonyl (C=O) groups is 1. The Bertz CT molecular complexity index is 411. The molecule has 0 aliphatic carbocycles. The van der Waals surface area contributed by atoms with E-state index in [9.17, 15) is 18.7 Å². The zero-order valence-corrected chi connectivity index (χ0v) is 9.19. The lowest BCUT2D eigenvalue weighted by Crippen LogP contribution is -2.49. The van der Waals surface area contributed by atoms with Gasteiger partial charge in [-0.1, -0.05) is 12.1 Å². The summed E-state index contributed by atoms with van der Waals surface area (Å²) in [6.45, 7) is -0.610. The van der Waals surface area contributed by atoms with E-state index in [1.807, 2.05) is 0 Å². The molecule has 17 heavy (non-hydrogen) atoms. The second-order valence-electron chi connectivity index (χ2n) is 3.52. The van der Waals surface area contributed by atoms with Gasteiger partial charge in [-0.25, -0.2) is 8.78 Å². The Balaban J connectivity index is 3.37. The van der Waals surface area contributed by atoms with Gasteiger partial charge in [-0.2, -0.15) is 0 Å². The van der Waals surface area contributed by atoms with Gasteiger partial charge in [0, 0.05) is 6.54 Å². The van der Waals surface area contributed by atoms with Crippen LogP contribution in [0.3, 0.4) is 0 Å². The molecule has 0 spiro atoms. The number of benzene rings is 1. The van der Waals surface area contributed by atoms with Crippen molar-refractivity contribution in [1.29, 1.82) is 0 Å². The van der Waals surface area contributed by atoms with Crippen LogP contribution < -0.4 is 5.73 Å². The van der Waals surface area contributed by atoms with E-state index in [4.69, 9.17) is 5.73 Å². The number of halogens is 2. The Kier molecular flexibility index (Phi) is 4.01. The number of nitrogens with two attached hydrogens (primary N) is 1. The normalized spacial score (nSPS) is 14.4. The van der Waals surface area contributed by atoms with E-state index in [1.54, 1.807) is 0 Å².